The fraction of sp³-hybridized carbons (Fsp3) is 0.421. The Labute approximate surface area is 166 Å². The van der Waals surface area contributed by atoms with Crippen molar-refractivity contribution in [2.75, 3.05) is 32.6 Å². The van der Waals surface area contributed by atoms with Gasteiger partial charge in [-0.15, -0.1) is 11.8 Å². The Morgan fingerprint density at radius 2 is 1.89 bits per heavy atom. The Kier molecular flexibility index (Phi) is 6.13. The number of benzene rings is 1. The van der Waals surface area contributed by atoms with E-state index in [-0.39, 0.29) is 25.0 Å². The van der Waals surface area contributed by atoms with E-state index in [0.29, 0.717) is 28.9 Å². The molecule has 1 fully saturated rings. The minimum Gasteiger partial charge on any atom is -0.468 e. The number of carbonyl (C=O) groups is 3. The lowest BCUT2D eigenvalue weighted by molar-refractivity contribution is -0.141. The van der Waals surface area contributed by atoms with E-state index in [4.69, 9.17) is 9.47 Å². The highest BCUT2D eigenvalue weighted by Crippen LogP contribution is 2.20. The topological polar surface area (TPSA) is 98.7 Å². The summed E-state index contributed by atoms with van der Waals surface area (Å²) in [6, 6.07) is 4.91. The molecule has 2 heterocycles. The lowest BCUT2D eigenvalue weighted by Crippen LogP contribution is -2.46. The Balaban J connectivity index is 1.62. The molecule has 1 aromatic heterocycles. The molecule has 1 saturated heterocycles. The second-order valence-corrected chi connectivity index (χ2v) is 7.71. The normalized spacial score (nSPS) is 16.7. The summed E-state index contributed by atoms with van der Waals surface area (Å²) in [6.07, 6.45) is 0. The van der Waals surface area contributed by atoms with Gasteiger partial charge in [0.05, 0.1) is 35.1 Å². The van der Waals surface area contributed by atoms with Crippen molar-refractivity contribution in [1.82, 2.24) is 14.9 Å². The van der Waals surface area contributed by atoms with Crippen molar-refractivity contribution in [3.63, 3.8) is 0 Å². The first-order valence-corrected chi connectivity index (χ1v) is 9.83. The lowest BCUT2D eigenvalue weighted by atomic mass is 10.2. The van der Waals surface area contributed by atoms with Gasteiger partial charge in [0.1, 0.15) is 5.25 Å². The third kappa shape index (κ3) is 4.41. The molecule has 1 atom stereocenters. The van der Waals surface area contributed by atoms with Crippen molar-refractivity contribution in [1.29, 1.82) is 0 Å². The van der Waals surface area contributed by atoms with E-state index in [0.717, 1.165) is 11.4 Å². The molecule has 1 aromatic carbocycles. The van der Waals surface area contributed by atoms with Crippen LogP contribution < -0.4 is 0 Å². The lowest BCUT2D eigenvalue weighted by Gasteiger charge is -2.30. The monoisotopic (exact) mass is 403 g/mol. The molecule has 0 unspecified atom stereocenters. The maximum absolute atomic E-state index is 12.3. The van der Waals surface area contributed by atoms with E-state index in [2.05, 4.69) is 9.97 Å². The molecule has 0 bridgehead atoms. The van der Waals surface area contributed by atoms with Gasteiger partial charge in [0.25, 0.3) is 5.91 Å². The summed E-state index contributed by atoms with van der Waals surface area (Å²) in [6.45, 7) is 4.09. The largest absolute Gasteiger partial charge is 0.468 e. The van der Waals surface area contributed by atoms with Gasteiger partial charge in [0, 0.05) is 18.8 Å². The van der Waals surface area contributed by atoms with Gasteiger partial charge in [0.15, 0.2) is 6.61 Å². The number of amides is 1. The highest BCUT2D eigenvalue weighted by Gasteiger charge is 2.30. The number of rotatable bonds is 4. The number of aryl methyl sites for hydroxylation is 2. The zero-order valence-corrected chi connectivity index (χ0v) is 16.7. The predicted octanol–water partition coefficient (Wildman–Crippen LogP) is 1.52. The molecular formula is C19H21N3O5S. The first kappa shape index (κ1) is 20.1. The van der Waals surface area contributed by atoms with Crippen LogP contribution in [0.15, 0.2) is 18.2 Å². The number of carbonyl (C=O) groups excluding carboxylic acids is 3. The maximum Gasteiger partial charge on any atom is 0.338 e. The van der Waals surface area contributed by atoms with Crippen molar-refractivity contribution in [3.05, 3.63) is 35.2 Å². The molecule has 148 valence electrons. The van der Waals surface area contributed by atoms with Crippen LogP contribution in [-0.4, -0.2) is 70.5 Å². The molecule has 9 heteroatoms. The van der Waals surface area contributed by atoms with Crippen molar-refractivity contribution in [2.45, 2.75) is 19.1 Å². The van der Waals surface area contributed by atoms with Gasteiger partial charge in [-0.3, -0.25) is 9.59 Å². The third-order valence-electron chi connectivity index (χ3n) is 4.52. The van der Waals surface area contributed by atoms with Crippen LogP contribution in [-0.2, 0) is 19.1 Å². The SMILES string of the molecule is COC(=O)[C@@H]1CN(C(=O)COC(=O)c2ccc3nc(C)c(C)nc3c2)CCS1. The van der Waals surface area contributed by atoms with Gasteiger partial charge in [-0.1, -0.05) is 0 Å². The van der Waals surface area contributed by atoms with Crippen LogP contribution in [0.3, 0.4) is 0 Å². The van der Waals surface area contributed by atoms with Gasteiger partial charge >= 0.3 is 11.9 Å². The van der Waals surface area contributed by atoms with Crippen LogP contribution in [0.2, 0.25) is 0 Å². The molecule has 0 aliphatic carbocycles. The fourth-order valence-electron chi connectivity index (χ4n) is 2.81. The Morgan fingerprint density at radius 3 is 2.61 bits per heavy atom. The summed E-state index contributed by atoms with van der Waals surface area (Å²) >= 11 is 1.45. The quantitative estimate of drug-likeness (QED) is 0.709. The molecule has 0 saturated carbocycles. The first-order chi connectivity index (χ1) is 13.4. The second kappa shape index (κ2) is 8.55. The zero-order chi connectivity index (χ0) is 20.3. The fourth-order valence-corrected chi connectivity index (χ4v) is 3.94. The summed E-state index contributed by atoms with van der Waals surface area (Å²) in [5.41, 5.74) is 3.21. The van der Waals surface area contributed by atoms with Crippen molar-refractivity contribution in [2.24, 2.45) is 0 Å². The predicted molar refractivity (Wildman–Crippen MR) is 104 cm³/mol. The van der Waals surface area contributed by atoms with Gasteiger partial charge in [0.2, 0.25) is 0 Å². The van der Waals surface area contributed by atoms with Crippen LogP contribution in [0.1, 0.15) is 21.7 Å². The Bertz CT molecular complexity index is 933. The van der Waals surface area contributed by atoms with Crippen molar-refractivity contribution >= 4 is 40.6 Å². The van der Waals surface area contributed by atoms with E-state index >= 15 is 0 Å². The second-order valence-electron chi connectivity index (χ2n) is 6.40. The minimum absolute atomic E-state index is 0.248. The summed E-state index contributed by atoms with van der Waals surface area (Å²) in [4.78, 5) is 46.7. The number of hydrogen-bond donors (Lipinski definition) is 0. The maximum atomic E-state index is 12.3. The average molecular weight is 403 g/mol. The molecule has 3 rings (SSSR count). The summed E-state index contributed by atoms with van der Waals surface area (Å²) in [7, 11) is 1.32. The molecule has 1 aliphatic heterocycles. The van der Waals surface area contributed by atoms with Crippen LogP contribution >= 0.6 is 11.8 Å². The number of esters is 2. The van der Waals surface area contributed by atoms with Crippen molar-refractivity contribution in [3.8, 4) is 0 Å². The van der Waals surface area contributed by atoms with Gasteiger partial charge in [-0.05, 0) is 32.0 Å². The van der Waals surface area contributed by atoms with Crippen LogP contribution in [0.25, 0.3) is 11.0 Å². The zero-order valence-electron chi connectivity index (χ0n) is 15.9. The van der Waals surface area contributed by atoms with E-state index < -0.39 is 11.2 Å². The van der Waals surface area contributed by atoms with E-state index in [1.54, 1.807) is 18.2 Å². The highest BCUT2D eigenvalue weighted by atomic mass is 32.2. The Morgan fingerprint density at radius 1 is 1.18 bits per heavy atom. The summed E-state index contributed by atoms with van der Waals surface area (Å²) < 4.78 is 9.90. The van der Waals surface area contributed by atoms with Crippen molar-refractivity contribution < 1.29 is 23.9 Å². The molecule has 0 spiro atoms. The molecule has 1 amide bonds. The van der Waals surface area contributed by atoms with Gasteiger partial charge in [-0.2, -0.15) is 0 Å². The number of thioether (sulfide) groups is 1. The highest BCUT2D eigenvalue weighted by molar-refractivity contribution is 8.00. The van der Waals surface area contributed by atoms with E-state index in [9.17, 15) is 14.4 Å². The van der Waals surface area contributed by atoms with Crippen LogP contribution in [0.4, 0.5) is 0 Å². The molecule has 0 N–H and O–H groups in total. The Hall–Kier alpha value is -2.68. The van der Waals surface area contributed by atoms with E-state index in [1.807, 2.05) is 13.8 Å². The molecule has 0 radical (unpaired) electrons. The summed E-state index contributed by atoms with van der Waals surface area (Å²) in [5.74, 6) is -0.676. The molecule has 28 heavy (non-hydrogen) atoms. The molecular weight excluding hydrogens is 382 g/mol. The molecule has 1 aliphatic rings. The van der Waals surface area contributed by atoms with E-state index in [1.165, 1.54) is 23.8 Å². The number of hydrogen-bond acceptors (Lipinski definition) is 8. The number of fused-ring (bicyclic) bond motifs is 1. The average Bonchev–Trinajstić information content (AvgIpc) is 2.71. The standard InChI is InChI=1S/C19H21N3O5S/c1-11-12(2)21-15-8-13(4-5-14(15)20-11)18(24)27-10-17(23)22-6-7-28-16(9-22)19(25)26-3/h4-5,8,16H,6-7,9-10H2,1-3H3/t16-/m0/s1. The minimum atomic E-state index is -0.605. The molecule has 8 nitrogen and oxygen atoms in total. The first-order valence-electron chi connectivity index (χ1n) is 8.78. The van der Waals surface area contributed by atoms with Crippen LogP contribution in [0, 0.1) is 13.8 Å². The number of methoxy groups -OCH3 is 1. The summed E-state index contributed by atoms with van der Waals surface area (Å²) in [5, 5.41) is -0.413. The molecule has 2 aromatic rings. The van der Waals surface area contributed by atoms with Gasteiger partial charge in [-0.25, -0.2) is 14.8 Å². The smallest absolute Gasteiger partial charge is 0.338 e. The number of aromatic nitrogens is 2. The van der Waals surface area contributed by atoms with Gasteiger partial charge < -0.3 is 14.4 Å². The van der Waals surface area contributed by atoms with Crippen LogP contribution in [0.5, 0.6) is 0 Å². The number of nitrogens with zero attached hydrogens (tertiary/aromatic N) is 3. The third-order valence-corrected chi connectivity index (χ3v) is 5.68. The number of ether oxygens (including phenoxy) is 2.